The summed E-state index contributed by atoms with van der Waals surface area (Å²) >= 11 is 0. The second-order valence-corrected chi connectivity index (χ2v) is 8.02. The number of pyridine rings is 1. The summed E-state index contributed by atoms with van der Waals surface area (Å²) in [6.45, 7) is 8.08. The zero-order valence-corrected chi connectivity index (χ0v) is 17.3. The molecule has 0 saturated heterocycles. The van der Waals surface area contributed by atoms with Gasteiger partial charge in [-0.05, 0) is 47.6 Å². The van der Waals surface area contributed by atoms with Crippen molar-refractivity contribution in [3.63, 3.8) is 0 Å². The lowest BCUT2D eigenvalue weighted by Crippen LogP contribution is -2.30. The first-order chi connectivity index (χ1) is 14.0. The van der Waals surface area contributed by atoms with Gasteiger partial charge in [0.25, 0.3) is 5.91 Å². The molecule has 148 valence electrons. The number of nitrogens with one attached hydrogen (secondary N) is 1. The molecule has 0 unspecified atom stereocenters. The highest BCUT2D eigenvalue weighted by molar-refractivity contribution is 6.05. The van der Waals surface area contributed by atoms with Crippen LogP contribution in [0.2, 0.25) is 0 Å². The van der Waals surface area contributed by atoms with Crippen molar-refractivity contribution in [1.82, 2.24) is 4.98 Å². The maximum atomic E-state index is 13.0. The van der Waals surface area contributed by atoms with E-state index in [2.05, 4.69) is 59.4 Å². The van der Waals surface area contributed by atoms with Crippen molar-refractivity contribution in [3.05, 3.63) is 88.7 Å². The molecule has 3 aromatic rings. The molecule has 1 aliphatic rings. The van der Waals surface area contributed by atoms with Crippen LogP contribution in [0.4, 0.5) is 11.4 Å². The fraction of sp³-hybridized carbons (Fsp3) is 0.280. The van der Waals surface area contributed by atoms with E-state index in [0.717, 1.165) is 42.0 Å². The average molecular weight is 386 g/mol. The summed E-state index contributed by atoms with van der Waals surface area (Å²) in [5.74, 6) is 0.219. The van der Waals surface area contributed by atoms with Crippen LogP contribution in [0, 0.1) is 6.92 Å². The van der Waals surface area contributed by atoms with Gasteiger partial charge < -0.3 is 10.2 Å². The van der Waals surface area contributed by atoms with Crippen LogP contribution in [-0.4, -0.2) is 17.4 Å². The Kier molecular flexibility index (Phi) is 5.34. The molecule has 4 heteroatoms. The number of benzene rings is 2. The van der Waals surface area contributed by atoms with Crippen LogP contribution in [0.15, 0.2) is 60.9 Å². The van der Waals surface area contributed by atoms with E-state index in [4.69, 9.17) is 0 Å². The quantitative estimate of drug-likeness (QED) is 0.660. The van der Waals surface area contributed by atoms with Gasteiger partial charge in [0, 0.05) is 25.0 Å². The monoisotopic (exact) mass is 385 g/mol. The van der Waals surface area contributed by atoms with Gasteiger partial charge in [0.15, 0.2) is 0 Å². The molecule has 29 heavy (non-hydrogen) atoms. The molecule has 0 atom stereocenters. The van der Waals surface area contributed by atoms with Crippen LogP contribution in [0.5, 0.6) is 0 Å². The van der Waals surface area contributed by atoms with Gasteiger partial charge in [0.2, 0.25) is 0 Å². The third kappa shape index (κ3) is 4.02. The number of aryl methyl sites for hydroxylation is 1. The first kappa shape index (κ1) is 19.2. The van der Waals surface area contributed by atoms with Gasteiger partial charge in [-0.15, -0.1) is 0 Å². The van der Waals surface area contributed by atoms with Crippen LogP contribution < -0.4 is 10.2 Å². The molecule has 0 bridgehead atoms. The Labute approximate surface area is 172 Å². The van der Waals surface area contributed by atoms with E-state index >= 15 is 0 Å². The van der Waals surface area contributed by atoms with Crippen LogP contribution >= 0.6 is 0 Å². The van der Waals surface area contributed by atoms with Gasteiger partial charge in [-0.3, -0.25) is 9.78 Å². The molecular formula is C25H27N3O. The van der Waals surface area contributed by atoms with Gasteiger partial charge in [0.1, 0.15) is 0 Å². The number of hydrogen-bond donors (Lipinski definition) is 1. The summed E-state index contributed by atoms with van der Waals surface area (Å²) in [6.07, 6.45) is 4.50. The summed E-state index contributed by atoms with van der Waals surface area (Å²) in [5, 5.41) is 3.12. The molecule has 1 aromatic heterocycles. The summed E-state index contributed by atoms with van der Waals surface area (Å²) < 4.78 is 0. The lowest BCUT2D eigenvalue weighted by atomic mass is 9.98. The number of para-hydroxylation sites is 1. The first-order valence-electron chi connectivity index (χ1n) is 10.2. The van der Waals surface area contributed by atoms with E-state index in [1.807, 2.05) is 31.3 Å². The van der Waals surface area contributed by atoms with Gasteiger partial charge in [-0.25, -0.2) is 0 Å². The smallest absolute Gasteiger partial charge is 0.257 e. The van der Waals surface area contributed by atoms with Gasteiger partial charge in [0.05, 0.1) is 17.4 Å². The van der Waals surface area contributed by atoms with Crippen molar-refractivity contribution in [3.8, 4) is 0 Å². The minimum Gasteiger partial charge on any atom is -0.366 e. The molecule has 0 radical (unpaired) electrons. The molecule has 4 rings (SSSR count). The van der Waals surface area contributed by atoms with E-state index < -0.39 is 0 Å². The number of carbonyl (C=O) groups is 1. The number of carbonyl (C=O) groups excluding carboxylic acids is 1. The van der Waals surface area contributed by atoms with Crippen molar-refractivity contribution >= 4 is 17.3 Å². The van der Waals surface area contributed by atoms with Crippen LogP contribution in [0.3, 0.4) is 0 Å². The third-order valence-corrected chi connectivity index (χ3v) is 5.65. The second kappa shape index (κ2) is 8.08. The Morgan fingerprint density at radius 1 is 1.07 bits per heavy atom. The third-order valence-electron chi connectivity index (χ3n) is 5.65. The van der Waals surface area contributed by atoms with Crippen molar-refractivity contribution in [1.29, 1.82) is 0 Å². The van der Waals surface area contributed by atoms with E-state index in [1.54, 1.807) is 6.20 Å². The van der Waals surface area contributed by atoms with Crippen molar-refractivity contribution in [2.45, 2.75) is 39.7 Å². The molecule has 1 aliphatic heterocycles. The van der Waals surface area contributed by atoms with Crippen molar-refractivity contribution in [2.24, 2.45) is 0 Å². The molecular weight excluding hydrogens is 358 g/mol. The van der Waals surface area contributed by atoms with Gasteiger partial charge >= 0.3 is 0 Å². The summed E-state index contributed by atoms with van der Waals surface area (Å²) in [5.41, 5.74) is 7.45. The highest BCUT2D eigenvalue weighted by atomic mass is 16.1. The summed E-state index contributed by atoms with van der Waals surface area (Å²) in [6, 6.07) is 16.6. The molecule has 1 amide bonds. The Morgan fingerprint density at radius 2 is 1.86 bits per heavy atom. The largest absolute Gasteiger partial charge is 0.366 e. The van der Waals surface area contributed by atoms with Crippen LogP contribution in [0.1, 0.15) is 52.4 Å². The highest BCUT2D eigenvalue weighted by Gasteiger charge is 2.18. The minimum atomic E-state index is -0.118. The Balaban J connectivity index is 1.56. The molecule has 0 aliphatic carbocycles. The molecule has 0 saturated carbocycles. The number of anilines is 2. The zero-order chi connectivity index (χ0) is 20.4. The molecule has 1 N–H and O–H groups in total. The topological polar surface area (TPSA) is 45.2 Å². The lowest BCUT2D eigenvalue weighted by molar-refractivity contribution is 0.102. The average Bonchev–Trinajstić information content (AvgIpc) is 2.74. The van der Waals surface area contributed by atoms with Crippen LogP contribution in [0.25, 0.3) is 0 Å². The minimum absolute atomic E-state index is 0.118. The predicted octanol–water partition coefficient (Wildman–Crippen LogP) is 5.33. The second-order valence-electron chi connectivity index (χ2n) is 8.02. The van der Waals surface area contributed by atoms with E-state index in [1.165, 1.54) is 11.1 Å². The molecule has 0 spiro atoms. The maximum absolute atomic E-state index is 13.0. The normalized spacial score (nSPS) is 13.3. The van der Waals surface area contributed by atoms with Crippen molar-refractivity contribution in [2.75, 3.05) is 16.8 Å². The first-order valence-corrected chi connectivity index (χ1v) is 10.2. The molecule has 2 heterocycles. The Bertz CT molecular complexity index is 1040. The maximum Gasteiger partial charge on any atom is 0.257 e. The van der Waals surface area contributed by atoms with E-state index in [9.17, 15) is 4.79 Å². The summed E-state index contributed by atoms with van der Waals surface area (Å²) in [4.78, 5) is 19.7. The molecule has 0 fully saturated rings. The standard InChI is InChI=1S/C25H27N3O/c1-17(2)23-10-6-7-18(3)24(23)27-25(29)21-13-22(15-26-14-21)28-12-11-19-8-4-5-9-20(19)16-28/h4-10,13-15,17H,11-12,16H2,1-3H3,(H,27,29). The Hall–Kier alpha value is -3.14. The summed E-state index contributed by atoms with van der Waals surface area (Å²) in [7, 11) is 0. The van der Waals surface area contributed by atoms with E-state index in [-0.39, 0.29) is 5.91 Å². The molecule has 2 aromatic carbocycles. The van der Waals surface area contributed by atoms with Crippen molar-refractivity contribution < 1.29 is 4.79 Å². The number of amides is 1. The number of fused-ring (bicyclic) bond motifs is 1. The predicted molar refractivity (Wildman–Crippen MR) is 119 cm³/mol. The molecule has 4 nitrogen and oxygen atoms in total. The zero-order valence-electron chi connectivity index (χ0n) is 17.3. The number of hydrogen-bond acceptors (Lipinski definition) is 3. The van der Waals surface area contributed by atoms with E-state index in [0.29, 0.717) is 11.5 Å². The van der Waals surface area contributed by atoms with Gasteiger partial charge in [-0.1, -0.05) is 56.3 Å². The van der Waals surface area contributed by atoms with Crippen LogP contribution in [-0.2, 0) is 13.0 Å². The number of nitrogens with zero attached hydrogens (tertiary/aromatic N) is 2. The fourth-order valence-electron chi connectivity index (χ4n) is 3.97. The number of rotatable bonds is 4. The lowest BCUT2D eigenvalue weighted by Gasteiger charge is -2.30. The van der Waals surface area contributed by atoms with Gasteiger partial charge in [-0.2, -0.15) is 0 Å². The Morgan fingerprint density at radius 3 is 2.66 bits per heavy atom. The number of aromatic nitrogens is 1. The highest BCUT2D eigenvalue weighted by Crippen LogP contribution is 2.29. The fourth-order valence-corrected chi connectivity index (χ4v) is 3.97. The SMILES string of the molecule is Cc1cccc(C(C)C)c1NC(=O)c1cncc(N2CCc3ccccc3C2)c1.